The lowest BCUT2D eigenvalue weighted by atomic mass is 10.1. The number of carbonyl (C=O) groups is 4. The van der Waals surface area contributed by atoms with Crippen LogP contribution in [0.3, 0.4) is 0 Å². The van der Waals surface area contributed by atoms with Gasteiger partial charge in [-0.2, -0.15) is 11.8 Å². The van der Waals surface area contributed by atoms with E-state index in [-0.39, 0.29) is 19.3 Å². The highest BCUT2D eigenvalue weighted by molar-refractivity contribution is 7.98. The van der Waals surface area contributed by atoms with E-state index in [1.54, 1.807) is 0 Å². The number of thioether (sulfide) groups is 1. The van der Waals surface area contributed by atoms with E-state index < -0.39 is 54.5 Å². The second kappa shape index (κ2) is 16.0. The number of H-pyrrole nitrogens is 1. The van der Waals surface area contributed by atoms with Crippen molar-refractivity contribution in [2.75, 3.05) is 25.2 Å². The summed E-state index contributed by atoms with van der Waals surface area (Å²) >= 11 is 1.47. The van der Waals surface area contributed by atoms with Gasteiger partial charge in [-0.1, -0.05) is 0 Å². The number of aliphatic hydroxyl groups excluding tert-OH is 1. The summed E-state index contributed by atoms with van der Waals surface area (Å²) in [6, 6.07) is -4.45. The van der Waals surface area contributed by atoms with Gasteiger partial charge in [0.1, 0.15) is 24.2 Å². The molecule has 14 heteroatoms. The lowest BCUT2D eigenvalue weighted by Gasteiger charge is -2.25. The Morgan fingerprint density at radius 2 is 1.68 bits per heavy atom. The van der Waals surface area contributed by atoms with Crippen molar-refractivity contribution in [1.82, 2.24) is 25.9 Å². The summed E-state index contributed by atoms with van der Waals surface area (Å²) in [5, 5.41) is 26.2. The molecule has 0 aliphatic rings. The number of imidazole rings is 1. The first-order valence-corrected chi connectivity index (χ1v) is 12.3. The van der Waals surface area contributed by atoms with Gasteiger partial charge in [0.25, 0.3) is 0 Å². The second-order valence-corrected chi connectivity index (χ2v) is 8.64. The van der Waals surface area contributed by atoms with Crippen LogP contribution >= 0.6 is 11.8 Å². The summed E-state index contributed by atoms with van der Waals surface area (Å²) in [5.41, 5.74) is 11.6. The zero-order chi connectivity index (χ0) is 25.5. The average Bonchev–Trinajstić information content (AvgIpc) is 3.32. The molecule has 0 fully saturated rings. The zero-order valence-corrected chi connectivity index (χ0v) is 20.0. The number of carboxylic acids is 1. The maximum Gasteiger partial charge on any atom is 0.326 e. The Hall–Kier alpha value is -2.68. The van der Waals surface area contributed by atoms with Gasteiger partial charge in [0.15, 0.2) is 0 Å². The standard InChI is InChI=1S/C20H35N7O6S/c1-34-7-5-15(25-17(29)13(22)10-28)19(31)26-14(4-2-3-6-21)18(30)27-16(20(32)33)8-12-9-23-11-24-12/h9,11,13-16,28H,2-8,10,21-22H2,1H3,(H,23,24)(H,25,29)(H,26,31)(H,27,30)(H,32,33). The topological polar surface area (TPSA) is 226 Å². The van der Waals surface area contributed by atoms with Crippen LogP contribution in [-0.2, 0) is 25.6 Å². The summed E-state index contributed by atoms with van der Waals surface area (Å²) in [4.78, 5) is 56.3. The smallest absolute Gasteiger partial charge is 0.326 e. The van der Waals surface area contributed by atoms with Crippen molar-refractivity contribution in [3.63, 3.8) is 0 Å². The van der Waals surface area contributed by atoms with Gasteiger partial charge in [-0.05, 0) is 44.2 Å². The number of aromatic nitrogens is 2. The van der Waals surface area contributed by atoms with E-state index >= 15 is 0 Å². The van der Waals surface area contributed by atoms with Crippen molar-refractivity contribution < 1.29 is 29.4 Å². The fourth-order valence-corrected chi connectivity index (χ4v) is 3.46. The molecule has 1 aromatic rings. The molecule has 0 aliphatic carbocycles. The summed E-state index contributed by atoms with van der Waals surface area (Å²) in [5.74, 6) is -2.67. The van der Waals surface area contributed by atoms with Crippen LogP contribution in [0.4, 0.5) is 0 Å². The number of hydrogen-bond acceptors (Lipinski definition) is 9. The molecule has 1 heterocycles. The molecule has 4 atom stereocenters. The summed E-state index contributed by atoms with van der Waals surface area (Å²) in [7, 11) is 0. The first kappa shape index (κ1) is 29.4. The van der Waals surface area contributed by atoms with Gasteiger partial charge < -0.3 is 42.6 Å². The number of nitrogens with two attached hydrogens (primary N) is 2. The van der Waals surface area contributed by atoms with Crippen LogP contribution < -0.4 is 27.4 Å². The number of nitrogens with zero attached hydrogens (tertiary/aromatic N) is 1. The van der Waals surface area contributed by atoms with Crippen LogP contribution in [0.1, 0.15) is 31.4 Å². The van der Waals surface area contributed by atoms with Gasteiger partial charge in [0, 0.05) is 18.3 Å². The number of carbonyl (C=O) groups excluding carboxylic acids is 3. The van der Waals surface area contributed by atoms with E-state index in [9.17, 15) is 24.3 Å². The minimum absolute atomic E-state index is 0.0179. The van der Waals surface area contributed by atoms with Gasteiger partial charge >= 0.3 is 5.97 Å². The largest absolute Gasteiger partial charge is 0.480 e. The lowest BCUT2D eigenvalue weighted by molar-refractivity contribution is -0.142. The third kappa shape index (κ3) is 10.5. The molecule has 1 rings (SSSR count). The monoisotopic (exact) mass is 501 g/mol. The molecule has 0 radical (unpaired) electrons. The van der Waals surface area contributed by atoms with Gasteiger partial charge in [-0.25, -0.2) is 9.78 Å². The van der Waals surface area contributed by atoms with Crippen molar-refractivity contribution in [3.05, 3.63) is 18.2 Å². The maximum absolute atomic E-state index is 12.9. The number of hydrogen-bond donors (Lipinski definition) is 8. The van der Waals surface area contributed by atoms with E-state index in [2.05, 4.69) is 25.9 Å². The molecule has 0 saturated heterocycles. The number of aliphatic carboxylic acids is 1. The molecule has 0 aliphatic heterocycles. The van der Waals surface area contributed by atoms with Crippen LogP contribution in [-0.4, -0.2) is 93.2 Å². The number of rotatable bonds is 17. The third-order valence-electron chi connectivity index (χ3n) is 4.95. The highest BCUT2D eigenvalue weighted by Crippen LogP contribution is 2.07. The molecule has 192 valence electrons. The first-order valence-electron chi connectivity index (χ1n) is 10.9. The van der Waals surface area contributed by atoms with Crippen molar-refractivity contribution in [2.45, 2.75) is 56.3 Å². The highest BCUT2D eigenvalue weighted by Gasteiger charge is 2.30. The molecule has 0 spiro atoms. The lowest BCUT2D eigenvalue weighted by Crippen LogP contribution is -2.57. The normalized spacial score (nSPS) is 14.5. The van der Waals surface area contributed by atoms with E-state index in [0.717, 1.165) is 0 Å². The molecule has 4 unspecified atom stereocenters. The predicted octanol–water partition coefficient (Wildman–Crippen LogP) is -2.31. The number of amides is 3. The highest BCUT2D eigenvalue weighted by atomic mass is 32.2. The second-order valence-electron chi connectivity index (χ2n) is 7.66. The van der Waals surface area contributed by atoms with Gasteiger partial charge in [-0.3, -0.25) is 14.4 Å². The van der Waals surface area contributed by atoms with Gasteiger partial charge in [-0.15, -0.1) is 0 Å². The van der Waals surface area contributed by atoms with Crippen LogP contribution in [0.5, 0.6) is 0 Å². The van der Waals surface area contributed by atoms with Crippen LogP contribution in [0, 0.1) is 0 Å². The van der Waals surface area contributed by atoms with E-state index in [1.807, 2.05) is 6.26 Å². The first-order chi connectivity index (χ1) is 16.2. The fraction of sp³-hybridized carbons (Fsp3) is 0.650. The Morgan fingerprint density at radius 3 is 2.21 bits per heavy atom. The minimum Gasteiger partial charge on any atom is -0.480 e. The van der Waals surface area contributed by atoms with E-state index in [1.165, 1.54) is 24.3 Å². The Morgan fingerprint density at radius 1 is 1.06 bits per heavy atom. The van der Waals surface area contributed by atoms with Crippen LogP contribution in [0.2, 0.25) is 0 Å². The fourth-order valence-electron chi connectivity index (χ4n) is 2.99. The average molecular weight is 502 g/mol. The summed E-state index contributed by atoms with van der Waals surface area (Å²) in [6.07, 6.45) is 6.30. The van der Waals surface area contributed by atoms with Gasteiger partial charge in [0.2, 0.25) is 17.7 Å². The number of aromatic amines is 1. The number of unbranched alkanes of at least 4 members (excludes halogenated alkanes) is 1. The Labute approximate surface area is 202 Å². The van der Waals surface area contributed by atoms with E-state index in [0.29, 0.717) is 30.8 Å². The molecule has 34 heavy (non-hydrogen) atoms. The maximum atomic E-state index is 12.9. The Bertz CT molecular complexity index is 779. The third-order valence-corrected chi connectivity index (χ3v) is 5.59. The molecule has 3 amide bonds. The quantitative estimate of drug-likeness (QED) is 0.106. The molecule has 0 bridgehead atoms. The van der Waals surface area contributed by atoms with Gasteiger partial charge in [0.05, 0.1) is 12.9 Å². The molecule has 10 N–H and O–H groups in total. The number of aliphatic hydroxyl groups is 1. The van der Waals surface area contributed by atoms with Crippen molar-refractivity contribution in [2.24, 2.45) is 11.5 Å². The minimum atomic E-state index is -1.24. The van der Waals surface area contributed by atoms with Crippen molar-refractivity contribution in [3.8, 4) is 0 Å². The molecule has 1 aromatic heterocycles. The zero-order valence-electron chi connectivity index (χ0n) is 19.2. The molecular formula is C20H35N7O6S. The molecular weight excluding hydrogens is 466 g/mol. The Kier molecular flexibility index (Phi) is 13.8. The number of carboxylic acid groups (broad SMARTS) is 1. The molecule has 0 aromatic carbocycles. The Balaban J connectivity index is 2.94. The van der Waals surface area contributed by atoms with Crippen LogP contribution in [0.15, 0.2) is 12.5 Å². The van der Waals surface area contributed by atoms with E-state index in [4.69, 9.17) is 16.6 Å². The number of nitrogens with one attached hydrogen (secondary N) is 4. The SMILES string of the molecule is CSCCC(NC(=O)C(N)CO)C(=O)NC(CCCCN)C(=O)NC(Cc1cnc[nH]1)C(=O)O. The molecule has 13 nitrogen and oxygen atoms in total. The van der Waals surface area contributed by atoms with Crippen LogP contribution in [0.25, 0.3) is 0 Å². The van der Waals surface area contributed by atoms with Crippen molar-refractivity contribution in [1.29, 1.82) is 0 Å². The summed E-state index contributed by atoms with van der Waals surface area (Å²) in [6.45, 7) is -0.189. The molecule has 0 saturated carbocycles. The predicted molar refractivity (Wildman–Crippen MR) is 127 cm³/mol. The summed E-state index contributed by atoms with van der Waals surface area (Å²) < 4.78 is 0. The van der Waals surface area contributed by atoms with Crippen molar-refractivity contribution >= 4 is 35.5 Å².